The van der Waals surface area contributed by atoms with E-state index < -0.39 is 5.24 Å². The van der Waals surface area contributed by atoms with Crippen LogP contribution in [-0.4, -0.2) is 15.4 Å². The van der Waals surface area contributed by atoms with Crippen molar-refractivity contribution in [2.45, 2.75) is 38.0 Å². The summed E-state index contributed by atoms with van der Waals surface area (Å²) in [6.07, 6.45) is 6.18. The molecule has 3 nitrogen and oxygen atoms in total. The van der Waals surface area contributed by atoms with E-state index >= 15 is 0 Å². The molecule has 0 aliphatic heterocycles. The lowest BCUT2D eigenvalue weighted by molar-refractivity contribution is 0.108. The summed E-state index contributed by atoms with van der Waals surface area (Å²) in [6, 6.07) is 0. The zero-order valence-electron chi connectivity index (χ0n) is 7.70. The van der Waals surface area contributed by atoms with E-state index in [0.717, 1.165) is 5.01 Å². The maximum Gasteiger partial charge on any atom is 0.283 e. The van der Waals surface area contributed by atoms with Crippen molar-refractivity contribution in [3.05, 3.63) is 10.0 Å². The van der Waals surface area contributed by atoms with Crippen LogP contribution >= 0.6 is 22.9 Å². The minimum atomic E-state index is -0.496. The van der Waals surface area contributed by atoms with Gasteiger partial charge in [0.05, 0.1) is 0 Å². The van der Waals surface area contributed by atoms with E-state index in [1.54, 1.807) is 0 Å². The molecule has 1 aromatic rings. The molecule has 0 unspecified atom stereocenters. The molecule has 1 heterocycles. The van der Waals surface area contributed by atoms with Crippen LogP contribution in [0.15, 0.2) is 0 Å². The van der Waals surface area contributed by atoms with Gasteiger partial charge in [0.1, 0.15) is 5.01 Å². The highest BCUT2D eigenvalue weighted by Gasteiger charge is 2.20. The Balaban J connectivity index is 2.11. The Bertz CT molecular complexity index is 333. The third-order valence-electron chi connectivity index (χ3n) is 2.56. The van der Waals surface area contributed by atoms with Crippen LogP contribution in [0.1, 0.15) is 52.8 Å². The maximum absolute atomic E-state index is 10.8. The van der Waals surface area contributed by atoms with Gasteiger partial charge in [-0.1, -0.05) is 30.6 Å². The Kier molecular flexibility index (Phi) is 3.13. The Morgan fingerprint density at radius 3 is 2.57 bits per heavy atom. The molecule has 1 aromatic heterocycles. The maximum atomic E-state index is 10.8. The number of aromatic nitrogens is 2. The molecule has 0 radical (unpaired) electrons. The van der Waals surface area contributed by atoms with E-state index in [-0.39, 0.29) is 0 Å². The van der Waals surface area contributed by atoms with Crippen LogP contribution in [0.3, 0.4) is 0 Å². The average molecular weight is 231 g/mol. The predicted octanol–water partition coefficient (Wildman–Crippen LogP) is 2.96. The standard InChI is InChI=1S/C9H11ClN2OS/c10-7(13)9-12-11-8(14-9)6-4-2-1-3-5-6/h6H,1-5H2. The summed E-state index contributed by atoms with van der Waals surface area (Å²) in [6.45, 7) is 0. The lowest BCUT2D eigenvalue weighted by Crippen LogP contribution is -2.03. The molecule has 0 saturated heterocycles. The van der Waals surface area contributed by atoms with Crippen molar-refractivity contribution in [2.75, 3.05) is 0 Å². The fraction of sp³-hybridized carbons (Fsp3) is 0.667. The fourth-order valence-corrected chi connectivity index (χ4v) is 2.83. The normalized spacial score (nSPS) is 18.4. The molecule has 0 amide bonds. The quantitative estimate of drug-likeness (QED) is 0.734. The van der Waals surface area contributed by atoms with Crippen LogP contribution in [0.2, 0.25) is 0 Å². The van der Waals surface area contributed by atoms with Crippen LogP contribution in [-0.2, 0) is 0 Å². The van der Waals surface area contributed by atoms with E-state index in [9.17, 15) is 4.79 Å². The number of nitrogens with zero attached hydrogens (tertiary/aromatic N) is 2. The molecule has 1 aliphatic rings. The molecule has 1 aliphatic carbocycles. The van der Waals surface area contributed by atoms with Gasteiger partial charge in [0, 0.05) is 5.92 Å². The van der Waals surface area contributed by atoms with Crippen LogP contribution in [0, 0.1) is 0 Å². The van der Waals surface area contributed by atoms with Gasteiger partial charge in [0.2, 0.25) is 0 Å². The molecule has 0 atom stereocenters. The fourth-order valence-electron chi connectivity index (χ4n) is 1.83. The SMILES string of the molecule is O=C(Cl)c1nnc(C2CCCCC2)s1. The third-order valence-corrected chi connectivity index (χ3v) is 3.94. The topological polar surface area (TPSA) is 42.9 Å². The number of hydrogen-bond acceptors (Lipinski definition) is 4. The molecule has 2 rings (SSSR count). The average Bonchev–Trinajstić information content (AvgIpc) is 2.68. The molecule has 0 bridgehead atoms. The summed E-state index contributed by atoms with van der Waals surface area (Å²) >= 11 is 6.67. The largest absolute Gasteiger partial charge is 0.283 e. The minimum Gasteiger partial charge on any atom is -0.273 e. The van der Waals surface area contributed by atoms with Crippen LogP contribution in [0.25, 0.3) is 0 Å². The van der Waals surface area contributed by atoms with E-state index in [1.165, 1.54) is 43.4 Å². The summed E-state index contributed by atoms with van der Waals surface area (Å²) < 4.78 is 0. The van der Waals surface area contributed by atoms with E-state index in [2.05, 4.69) is 10.2 Å². The highest BCUT2D eigenvalue weighted by Crippen LogP contribution is 2.34. The van der Waals surface area contributed by atoms with Crippen molar-refractivity contribution in [3.8, 4) is 0 Å². The van der Waals surface area contributed by atoms with Gasteiger partial charge in [0.15, 0.2) is 5.01 Å². The number of carbonyl (C=O) groups is 1. The number of hydrogen-bond donors (Lipinski definition) is 0. The van der Waals surface area contributed by atoms with Crippen molar-refractivity contribution in [1.82, 2.24) is 10.2 Å². The van der Waals surface area contributed by atoms with Gasteiger partial charge in [0.25, 0.3) is 5.24 Å². The summed E-state index contributed by atoms with van der Waals surface area (Å²) in [7, 11) is 0. The Morgan fingerprint density at radius 2 is 2.00 bits per heavy atom. The second-order valence-corrected chi connectivity index (χ2v) is 4.91. The first-order valence-corrected chi connectivity index (χ1v) is 6.00. The first kappa shape index (κ1) is 10.1. The molecular formula is C9H11ClN2OS. The Labute approximate surface area is 91.5 Å². The molecule has 1 fully saturated rings. The molecule has 5 heteroatoms. The molecule has 0 aromatic carbocycles. The van der Waals surface area contributed by atoms with Crippen molar-refractivity contribution in [1.29, 1.82) is 0 Å². The Hall–Kier alpha value is -0.480. The van der Waals surface area contributed by atoms with Gasteiger partial charge >= 0.3 is 0 Å². The third kappa shape index (κ3) is 2.12. The molecule has 0 spiro atoms. The number of halogens is 1. The first-order chi connectivity index (χ1) is 6.77. The van der Waals surface area contributed by atoms with Gasteiger partial charge in [-0.3, -0.25) is 4.79 Å². The van der Waals surface area contributed by atoms with Gasteiger partial charge < -0.3 is 0 Å². The molecular weight excluding hydrogens is 220 g/mol. The highest BCUT2D eigenvalue weighted by atomic mass is 35.5. The van der Waals surface area contributed by atoms with Crippen LogP contribution in [0.5, 0.6) is 0 Å². The summed E-state index contributed by atoms with van der Waals surface area (Å²) in [5.74, 6) is 0.506. The zero-order chi connectivity index (χ0) is 9.97. The lowest BCUT2D eigenvalue weighted by Gasteiger charge is -2.18. The smallest absolute Gasteiger partial charge is 0.273 e. The van der Waals surface area contributed by atoms with E-state index in [0.29, 0.717) is 10.9 Å². The molecule has 76 valence electrons. The van der Waals surface area contributed by atoms with Gasteiger partial charge in [-0.2, -0.15) is 0 Å². The predicted molar refractivity (Wildman–Crippen MR) is 55.9 cm³/mol. The van der Waals surface area contributed by atoms with Gasteiger partial charge in [-0.15, -0.1) is 10.2 Å². The van der Waals surface area contributed by atoms with Crippen LogP contribution < -0.4 is 0 Å². The van der Waals surface area contributed by atoms with Gasteiger partial charge in [-0.25, -0.2) is 0 Å². The Morgan fingerprint density at radius 1 is 1.29 bits per heavy atom. The van der Waals surface area contributed by atoms with Crippen molar-refractivity contribution in [3.63, 3.8) is 0 Å². The van der Waals surface area contributed by atoms with E-state index in [1.807, 2.05) is 0 Å². The molecule has 1 saturated carbocycles. The highest BCUT2D eigenvalue weighted by molar-refractivity contribution is 7.15. The molecule has 14 heavy (non-hydrogen) atoms. The lowest BCUT2D eigenvalue weighted by atomic mass is 9.90. The monoisotopic (exact) mass is 230 g/mol. The number of rotatable bonds is 2. The van der Waals surface area contributed by atoms with Crippen LogP contribution in [0.4, 0.5) is 0 Å². The summed E-state index contributed by atoms with van der Waals surface area (Å²) in [5, 5.41) is 8.61. The first-order valence-electron chi connectivity index (χ1n) is 4.80. The zero-order valence-corrected chi connectivity index (χ0v) is 9.27. The minimum absolute atomic E-state index is 0.326. The van der Waals surface area contributed by atoms with Crippen molar-refractivity contribution < 1.29 is 4.79 Å². The second-order valence-electron chi connectivity index (χ2n) is 3.55. The van der Waals surface area contributed by atoms with Gasteiger partial charge in [-0.05, 0) is 24.4 Å². The second kappa shape index (κ2) is 4.36. The molecule has 0 N–H and O–H groups in total. The summed E-state index contributed by atoms with van der Waals surface area (Å²) in [4.78, 5) is 10.8. The number of carbonyl (C=O) groups excluding carboxylic acids is 1. The van der Waals surface area contributed by atoms with Crippen molar-refractivity contribution in [2.24, 2.45) is 0 Å². The van der Waals surface area contributed by atoms with E-state index in [4.69, 9.17) is 11.6 Å². The van der Waals surface area contributed by atoms with Crippen molar-refractivity contribution >= 4 is 28.2 Å². The summed E-state index contributed by atoms with van der Waals surface area (Å²) in [5.41, 5.74) is 0.